The summed E-state index contributed by atoms with van der Waals surface area (Å²) in [5.41, 5.74) is 0.664. The third-order valence-electron chi connectivity index (χ3n) is 3.88. The van der Waals surface area contributed by atoms with Crippen LogP contribution in [0.5, 0.6) is 11.5 Å². The molecule has 27 heavy (non-hydrogen) atoms. The molecule has 0 bridgehead atoms. The zero-order chi connectivity index (χ0) is 17.6. The van der Waals surface area contributed by atoms with Gasteiger partial charge >= 0.3 is 0 Å². The maximum Gasteiger partial charge on any atom is 0.240 e. The first-order valence-electron chi connectivity index (χ1n) is 8.13. The number of nitrogens with one attached hydrogen (secondary N) is 2. The van der Waals surface area contributed by atoms with Crippen LogP contribution in [-0.4, -0.2) is 36.2 Å². The third kappa shape index (κ3) is 6.62. The molecule has 1 aromatic heterocycles. The molecule has 0 unspecified atom stereocenters. The van der Waals surface area contributed by atoms with Crippen LogP contribution in [0.3, 0.4) is 0 Å². The summed E-state index contributed by atoms with van der Waals surface area (Å²) in [4.78, 5) is 16.5. The van der Waals surface area contributed by atoms with Gasteiger partial charge in [0.05, 0.1) is 24.9 Å². The first kappa shape index (κ1) is 23.1. The van der Waals surface area contributed by atoms with E-state index in [0.717, 1.165) is 0 Å². The van der Waals surface area contributed by atoms with Gasteiger partial charge in [0.2, 0.25) is 5.91 Å². The molecule has 2 aromatic rings. The number of rotatable bonds is 5. The number of halogens is 3. The van der Waals surface area contributed by atoms with Crippen LogP contribution in [0.15, 0.2) is 42.6 Å². The van der Waals surface area contributed by atoms with Crippen LogP contribution in [0.4, 0.5) is 4.39 Å². The summed E-state index contributed by atoms with van der Waals surface area (Å²) in [6.45, 7) is 3.41. The van der Waals surface area contributed by atoms with Crippen LogP contribution in [0.1, 0.15) is 12.6 Å². The maximum atomic E-state index is 12.9. The van der Waals surface area contributed by atoms with Gasteiger partial charge in [0, 0.05) is 18.8 Å². The summed E-state index contributed by atoms with van der Waals surface area (Å²) in [6.07, 6.45) is 1.43. The van der Waals surface area contributed by atoms with E-state index in [0.29, 0.717) is 30.3 Å². The monoisotopic (exact) mass is 417 g/mol. The summed E-state index contributed by atoms with van der Waals surface area (Å²) < 4.78 is 24.1. The van der Waals surface area contributed by atoms with E-state index < -0.39 is 0 Å². The zero-order valence-electron chi connectivity index (χ0n) is 14.7. The van der Waals surface area contributed by atoms with E-state index in [2.05, 4.69) is 15.6 Å². The number of carbonyl (C=O) groups excluding carboxylic acids is 1. The Morgan fingerprint density at radius 1 is 1.30 bits per heavy atom. The van der Waals surface area contributed by atoms with Gasteiger partial charge in [-0.3, -0.25) is 9.78 Å². The molecule has 1 aliphatic heterocycles. The average Bonchev–Trinajstić information content (AvgIpc) is 2.62. The molecule has 1 aliphatic rings. The van der Waals surface area contributed by atoms with Gasteiger partial charge in [-0.1, -0.05) is 0 Å². The van der Waals surface area contributed by atoms with Gasteiger partial charge in [-0.15, -0.1) is 24.8 Å². The van der Waals surface area contributed by atoms with E-state index in [-0.39, 0.29) is 55.2 Å². The van der Waals surface area contributed by atoms with Crippen LogP contribution in [0.2, 0.25) is 0 Å². The van der Waals surface area contributed by atoms with Gasteiger partial charge < -0.3 is 20.1 Å². The smallest absolute Gasteiger partial charge is 0.240 e. The van der Waals surface area contributed by atoms with Crippen molar-refractivity contribution in [2.24, 2.45) is 0 Å². The Hall–Kier alpha value is -1.93. The fraction of sp³-hybridized carbons (Fsp3) is 0.333. The molecule has 1 saturated heterocycles. The third-order valence-corrected chi connectivity index (χ3v) is 3.88. The number of hydrogen-bond acceptors (Lipinski definition) is 5. The molecule has 0 spiro atoms. The number of ether oxygens (including phenoxy) is 2. The summed E-state index contributed by atoms with van der Waals surface area (Å²) in [5.74, 6) is 0.650. The lowest BCUT2D eigenvalue weighted by atomic mass is 10.1. The second-order valence-corrected chi connectivity index (χ2v) is 5.76. The van der Waals surface area contributed by atoms with Crippen molar-refractivity contribution in [2.45, 2.75) is 25.6 Å². The molecule has 148 valence electrons. The normalized spacial score (nSPS) is 18.6. The fourth-order valence-corrected chi connectivity index (χ4v) is 2.57. The van der Waals surface area contributed by atoms with Gasteiger partial charge in [-0.2, -0.15) is 0 Å². The summed E-state index contributed by atoms with van der Waals surface area (Å²) in [6, 6.07) is 8.83. The first-order chi connectivity index (χ1) is 12.1. The quantitative estimate of drug-likeness (QED) is 0.782. The number of aromatic nitrogens is 1. The van der Waals surface area contributed by atoms with Crippen LogP contribution in [-0.2, 0) is 16.1 Å². The number of amides is 1. The van der Waals surface area contributed by atoms with Crippen molar-refractivity contribution in [3.63, 3.8) is 0 Å². The van der Waals surface area contributed by atoms with E-state index in [1.54, 1.807) is 30.5 Å². The Kier molecular flexibility index (Phi) is 9.45. The molecule has 0 radical (unpaired) electrons. The van der Waals surface area contributed by atoms with E-state index in [9.17, 15) is 9.18 Å². The molecule has 3 rings (SSSR count). The van der Waals surface area contributed by atoms with Gasteiger partial charge in [-0.05, 0) is 37.3 Å². The van der Waals surface area contributed by atoms with E-state index in [4.69, 9.17) is 9.47 Å². The summed E-state index contributed by atoms with van der Waals surface area (Å²) >= 11 is 0. The molecule has 2 N–H and O–H groups in total. The molecule has 9 heteroatoms. The summed E-state index contributed by atoms with van der Waals surface area (Å²) in [7, 11) is 0. The minimum Gasteiger partial charge on any atom is -0.457 e. The number of benzene rings is 1. The number of hydrogen-bond donors (Lipinski definition) is 2. The topological polar surface area (TPSA) is 72.5 Å². The molecule has 2 heterocycles. The Morgan fingerprint density at radius 3 is 2.74 bits per heavy atom. The number of nitrogens with zero attached hydrogens (tertiary/aromatic N) is 1. The predicted molar refractivity (Wildman–Crippen MR) is 104 cm³/mol. The number of morpholine rings is 1. The van der Waals surface area contributed by atoms with Crippen LogP contribution < -0.4 is 15.4 Å². The van der Waals surface area contributed by atoms with Crippen molar-refractivity contribution in [1.29, 1.82) is 0 Å². The predicted octanol–water partition coefficient (Wildman–Crippen LogP) is 2.85. The van der Waals surface area contributed by atoms with Crippen molar-refractivity contribution < 1.29 is 18.7 Å². The van der Waals surface area contributed by atoms with Gasteiger partial charge in [0.1, 0.15) is 23.4 Å². The molecule has 0 aliphatic carbocycles. The average molecular weight is 418 g/mol. The molecule has 1 fully saturated rings. The molecule has 1 aromatic carbocycles. The molecule has 0 saturated carbocycles. The number of pyridine rings is 1. The maximum absolute atomic E-state index is 12.9. The minimum absolute atomic E-state index is 0. The van der Waals surface area contributed by atoms with E-state index >= 15 is 0 Å². The molecule has 2 atom stereocenters. The SMILES string of the molecule is C[C@H]1OCCN[C@@H]1C(=O)NCc1cc(Oc2ccc(F)cc2)ccn1.Cl.Cl. The fourth-order valence-electron chi connectivity index (χ4n) is 2.57. The van der Waals surface area contributed by atoms with E-state index in [1.807, 2.05) is 6.92 Å². The van der Waals surface area contributed by atoms with Crippen molar-refractivity contribution in [2.75, 3.05) is 13.2 Å². The highest BCUT2D eigenvalue weighted by atomic mass is 35.5. The van der Waals surface area contributed by atoms with Gasteiger partial charge in [-0.25, -0.2) is 4.39 Å². The Bertz CT molecular complexity index is 734. The van der Waals surface area contributed by atoms with Crippen LogP contribution in [0.25, 0.3) is 0 Å². The number of carbonyl (C=O) groups is 1. The highest BCUT2D eigenvalue weighted by molar-refractivity contribution is 5.85. The Morgan fingerprint density at radius 2 is 2.04 bits per heavy atom. The standard InChI is InChI=1S/C18H20FN3O3.2ClH/c1-12-17(21-8-9-24-12)18(23)22-11-14-10-16(6-7-20-14)25-15-4-2-13(19)3-5-15;;/h2-7,10,12,17,21H,8-9,11H2,1H3,(H,22,23);2*1H/t12-,17+;;/m1../s1. The van der Waals surface area contributed by atoms with Crippen LogP contribution >= 0.6 is 24.8 Å². The largest absolute Gasteiger partial charge is 0.457 e. The molecular weight excluding hydrogens is 396 g/mol. The lowest BCUT2D eigenvalue weighted by Crippen LogP contribution is -2.55. The van der Waals surface area contributed by atoms with Gasteiger partial charge in [0.25, 0.3) is 0 Å². The Labute approximate surface area is 169 Å². The Balaban J connectivity index is 0.00000182. The van der Waals surface area contributed by atoms with Crippen molar-refractivity contribution in [1.82, 2.24) is 15.6 Å². The lowest BCUT2D eigenvalue weighted by Gasteiger charge is -2.29. The zero-order valence-corrected chi connectivity index (χ0v) is 16.3. The highest BCUT2D eigenvalue weighted by Crippen LogP contribution is 2.21. The highest BCUT2D eigenvalue weighted by Gasteiger charge is 2.27. The first-order valence-corrected chi connectivity index (χ1v) is 8.13. The molecule has 1 amide bonds. The lowest BCUT2D eigenvalue weighted by molar-refractivity contribution is -0.129. The van der Waals surface area contributed by atoms with E-state index in [1.165, 1.54) is 12.1 Å². The second kappa shape index (κ2) is 11.0. The van der Waals surface area contributed by atoms with Crippen molar-refractivity contribution in [3.05, 3.63) is 54.1 Å². The van der Waals surface area contributed by atoms with Crippen molar-refractivity contribution in [3.8, 4) is 11.5 Å². The second-order valence-electron chi connectivity index (χ2n) is 5.76. The van der Waals surface area contributed by atoms with Crippen LogP contribution in [0, 0.1) is 5.82 Å². The minimum atomic E-state index is -0.368. The van der Waals surface area contributed by atoms with Gasteiger partial charge in [0.15, 0.2) is 0 Å². The van der Waals surface area contributed by atoms with Crippen molar-refractivity contribution >= 4 is 30.7 Å². The molecule has 6 nitrogen and oxygen atoms in total. The molecular formula is C18H22Cl2FN3O3. The summed E-state index contributed by atoms with van der Waals surface area (Å²) in [5, 5.41) is 5.99.